The lowest BCUT2D eigenvalue weighted by Gasteiger charge is -2.33. The van der Waals surface area contributed by atoms with Crippen LogP contribution in [0, 0.1) is 0 Å². The topological polar surface area (TPSA) is 18.5 Å². The number of hydrogen-bond acceptors (Lipinski definition) is 2. The third-order valence-electron chi connectivity index (χ3n) is 3.93. The molecule has 1 fully saturated rings. The first-order chi connectivity index (χ1) is 10.3. The van der Waals surface area contributed by atoms with E-state index in [1.54, 1.807) is 7.11 Å². The van der Waals surface area contributed by atoms with Crippen LogP contribution >= 0.6 is 11.6 Å². The fourth-order valence-electron chi connectivity index (χ4n) is 2.79. The van der Waals surface area contributed by atoms with E-state index in [2.05, 4.69) is 24.3 Å². The lowest BCUT2D eigenvalue weighted by atomic mass is 9.94. The summed E-state index contributed by atoms with van der Waals surface area (Å²) in [5.74, 6) is 0.858. The van der Waals surface area contributed by atoms with Crippen LogP contribution in [0.3, 0.4) is 0 Å². The highest BCUT2D eigenvalue weighted by Gasteiger charge is 2.30. The average Bonchev–Trinajstić information content (AvgIpc) is 2.55. The van der Waals surface area contributed by atoms with Crippen molar-refractivity contribution in [3.05, 3.63) is 65.7 Å². The molecule has 2 aromatic carbocycles. The second-order valence-electron chi connectivity index (χ2n) is 5.37. The number of ether oxygens (including phenoxy) is 2. The number of methoxy groups -OCH3 is 1. The highest BCUT2D eigenvalue weighted by Crippen LogP contribution is 2.40. The van der Waals surface area contributed by atoms with Crippen molar-refractivity contribution in [3.8, 4) is 5.75 Å². The van der Waals surface area contributed by atoms with E-state index in [1.807, 2.05) is 30.3 Å². The van der Waals surface area contributed by atoms with Crippen LogP contribution in [-0.4, -0.2) is 12.5 Å². The Labute approximate surface area is 130 Å². The van der Waals surface area contributed by atoms with Gasteiger partial charge in [-0.15, -0.1) is 11.6 Å². The van der Waals surface area contributed by atoms with Crippen molar-refractivity contribution < 1.29 is 9.47 Å². The minimum atomic E-state index is 0.0392. The first-order valence-electron chi connectivity index (χ1n) is 7.24. The van der Waals surface area contributed by atoms with E-state index in [1.165, 1.54) is 5.56 Å². The monoisotopic (exact) mass is 302 g/mol. The molecule has 3 heteroatoms. The normalized spacial score (nSPS) is 25.5. The van der Waals surface area contributed by atoms with Crippen LogP contribution in [0.2, 0.25) is 0 Å². The van der Waals surface area contributed by atoms with Gasteiger partial charge in [0.2, 0.25) is 0 Å². The molecule has 1 aliphatic heterocycles. The van der Waals surface area contributed by atoms with Crippen molar-refractivity contribution in [3.63, 3.8) is 0 Å². The first kappa shape index (κ1) is 14.4. The van der Waals surface area contributed by atoms with Crippen LogP contribution in [0.15, 0.2) is 54.6 Å². The van der Waals surface area contributed by atoms with Gasteiger partial charge in [0.1, 0.15) is 5.75 Å². The molecule has 0 radical (unpaired) electrons. The Balaban J connectivity index is 1.79. The molecule has 0 aliphatic carbocycles. The quantitative estimate of drug-likeness (QED) is 0.751. The van der Waals surface area contributed by atoms with Crippen molar-refractivity contribution in [2.75, 3.05) is 7.11 Å². The van der Waals surface area contributed by atoms with E-state index in [0.29, 0.717) is 0 Å². The molecule has 3 rings (SSSR count). The first-order valence-corrected chi connectivity index (χ1v) is 7.68. The van der Waals surface area contributed by atoms with Crippen molar-refractivity contribution in [2.45, 2.75) is 30.4 Å². The third kappa shape index (κ3) is 3.39. The van der Waals surface area contributed by atoms with Gasteiger partial charge in [-0.3, -0.25) is 0 Å². The molecular weight excluding hydrogens is 284 g/mol. The molecule has 1 saturated heterocycles. The Kier molecular flexibility index (Phi) is 4.47. The van der Waals surface area contributed by atoms with Gasteiger partial charge in [0, 0.05) is 5.38 Å². The molecule has 1 heterocycles. The van der Waals surface area contributed by atoms with E-state index < -0.39 is 0 Å². The summed E-state index contributed by atoms with van der Waals surface area (Å²) in [4.78, 5) is 0. The summed E-state index contributed by atoms with van der Waals surface area (Å²) in [5.41, 5.74) is 2.35. The van der Waals surface area contributed by atoms with E-state index in [9.17, 15) is 0 Å². The van der Waals surface area contributed by atoms with E-state index in [-0.39, 0.29) is 17.6 Å². The molecule has 0 unspecified atom stereocenters. The summed E-state index contributed by atoms with van der Waals surface area (Å²) in [7, 11) is 1.67. The molecule has 21 heavy (non-hydrogen) atoms. The highest BCUT2D eigenvalue weighted by molar-refractivity contribution is 6.20. The zero-order chi connectivity index (χ0) is 14.7. The summed E-state index contributed by atoms with van der Waals surface area (Å²) in [5, 5.41) is 0.135. The van der Waals surface area contributed by atoms with Crippen molar-refractivity contribution in [1.29, 1.82) is 0 Å². The Morgan fingerprint density at radius 1 is 0.905 bits per heavy atom. The number of halogens is 1. The summed E-state index contributed by atoms with van der Waals surface area (Å²) in [6, 6.07) is 18.3. The maximum Gasteiger partial charge on any atom is 0.118 e. The summed E-state index contributed by atoms with van der Waals surface area (Å²) < 4.78 is 11.5. The average molecular weight is 303 g/mol. The summed E-state index contributed by atoms with van der Waals surface area (Å²) >= 11 is 6.46. The minimum absolute atomic E-state index is 0.0392. The summed E-state index contributed by atoms with van der Waals surface area (Å²) in [6.45, 7) is 0. The van der Waals surface area contributed by atoms with E-state index >= 15 is 0 Å². The second kappa shape index (κ2) is 6.50. The molecular formula is C18H19ClO2. The predicted octanol–water partition coefficient (Wildman–Crippen LogP) is 4.90. The molecule has 0 N–H and O–H groups in total. The maximum atomic E-state index is 6.46. The van der Waals surface area contributed by atoms with Crippen LogP contribution in [0.5, 0.6) is 5.75 Å². The molecule has 0 aromatic heterocycles. The van der Waals surface area contributed by atoms with Gasteiger partial charge >= 0.3 is 0 Å². The fraction of sp³-hybridized carbons (Fsp3) is 0.333. The lowest BCUT2D eigenvalue weighted by Crippen LogP contribution is -2.23. The van der Waals surface area contributed by atoms with Gasteiger partial charge in [-0.2, -0.15) is 0 Å². The van der Waals surface area contributed by atoms with Crippen molar-refractivity contribution in [1.82, 2.24) is 0 Å². The highest BCUT2D eigenvalue weighted by atomic mass is 35.5. The van der Waals surface area contributed by atoms with Crippen LogP contribution in [0.25, 0.3) is 0 Å². The van der Waals surface area contributed by atoms with Gasteiger partial charge in [0.15, 0.2) is 0 Å². The second-order valence-corrected chi connectivity index (χ2v) is 5.98. The van der Waals surface area contributed by atoms with Crippen LogP contribution in [0.4, 0.5) is 0 Å². The molecule has 0 spiro atoms. The van der Waals surface area contributed by atoms with Crippen LogP contribution in [0.1, 0.15) is 36.2 Å². The summed E-state index contributed by atoms with van der Waals surface area (Å²) in [6.07, 6.45) is 1.81. The number of alkyl halides is 1. The van der Waals surface area contributed by atoms with Gasteiger partial charge in [0.25, 0.3) is 0 Å². The third-order valence-corrected chi connectivity index (χ3v) is 4.28. The Morgan fingerprint density at radius 3 is 2.05 bits per heavy atom. The van der Waals surface area contributed by atoms with Gasteiger partial charge in [0.05, 0.1) is 19.3 Å². The molecule has 2 nitrogen and oxygen atoms in total. The Morgan fingerprint density at radius 2 is 1.48 bits per heavy atom. The molecule has 1 aliphatic rings. The van der Waals surface area contributed by atoms with Crippen molar-refractivity contribution in [2.24, 2.45) is 0 Å². The number of hydrogen-bond donors (Lipinski definition) is 0. The van der Waals surface area contributed by atoms with Crippen LogP contribution < -0.4 is 4.74 Å². The number of benzene rings is 2. The minimum Gasteiger partial charge on any atom is -0.497 e. The van der Waals surface area contributed by atoms with Gasteiger partial charge in [-0.1, -0.05) is 42.5 Å². The SMILES string of the molecule is COc1ccc([C@H]2C[C@@H](Cl)C[C@@H](c3ccccc3)O2)cc1. The molecule has 110 valence electrons. The Bertz CT molecular complexity index is 568. The zero-order valence-corrected chi connectivity index (χ0v) is 12.8. The lowest BCUT2D eigenvalue weighted by molar-refractivity contribution is -0.0516. The maximum absolute atomic E-state index is 6.46. The van der Waals surface area contributed by atoms with Crippen molar-refractivity contribution >= 4 is 11.6 Å². The predicted molar refractivity (Wildman–Crippen MR) is 84.9 cm³/mol. The van der Waals surface area contributed by atoms with Gasteiger partial charge in [-0.05, 0) is 36.1 Å². The van der Waals surface area contributed by atoms with E-state index in [0.717, 1.165) is 24.2 Å². The Hall–Kier alpha value is -1.51. The smallest absolute Gasteiger partial charge is 0.118 e. The molecule has 0 amide bonds. The van der Waals surface area contributed by atoms with E-state index in [4.69, 9.17) is 21.1 Å². The largest absolute Gasteiger partial charge is 0.497 e. The molecule has 0 bridgehead atoms. The number of rotatable bonds is 3. The fourth-order valence-corrected chi connectivity index (χ4v) is 3.11. The standard InChI is InChI=1S/C18H19ClO2/c1-20-16-9-7-14(8-10-16)18-12-15(19)11-17(21-18)13-5-3-2-4-6-13/h2-10,15,17-18H,11-12H2,1H3/t15-,17-,18+/m0/s1. The molecule has 2 aromatic rings. The van der Waals surface area contributed by atoms with Gasteiger partial charge in [-0.25, -0.2) is 0 Å². The molecule has 3 atom stereocenters. The molecule has 0 saturated carbocycles. The van der Waals surface area contributed by atoms with Gasteiger partial charge < -0.3 is 9.47 Å². The van der Waals surface area contributed by atoms with Crippen LogP contribution in [-0.2, 0) is 4.74 Å². The zero-order valence-electron chi connectivity index (χ0n) is 12.0.